The van der Waals surface area contributed by atoms with Crippen molar-refractivity contribution >= 4 is 5.91 Å². The van der Waals surface area contributed by atoms with Crippen molar-refractivity contribution in [3.63, 3.8) is 0 Å². The van der Waals surface area contributed by atoms with Crippen LogP contribution in [0.3, 0.4) is 0 Å². The highest BCUT2D eigenvalue weighted by Gasteiger charge is 2.28. The smallest absolute Gasteiger partial charge is 0.252 e. The average molecular weight is 361 g/mol. The number of aromatic nitrogens is 1. The summed E-state index contributed by atoms with van der Waals surface area (Å²) in [6, 6.07) is 15.4. The van der Waals surface area contributed by atoms with E-state index in [1.165, 1.54) is 5.56 Å². The van der Waals surface area contributed by atoms with Crippen molar-refractivity contribution in [3.8, 4) is 22.8 Å². The summed E-state index contributed by atoms with van der Waals surface area (Å²) < 4.78 is 5.94. The number of carbonyl (C=O) groups is 1. The second-order valence-electron chi connectivity index (χ2n) is 7.15. The highest BCUT2D eigenvalue weighted by molar-refractivity contribution is 6.00. The number of aryl methyl sites for hydroxylation is 1. The molecule has 27 heavy (non-hydrogen) atoms. The van der Waals surface area contributed by atoms with Gasteiger partial charge in [0.25, 0.3) is 5.91 Å². The first-order valence-corrected chi connectivity index (χ1v) is 9.28. The van der Waals surface area contributed by atoms with Gasteiger partial charge in [-0.05, 0) is 37.8 Å². The van der Waals surface area contributed by atoms with Crippen molar-refractivity contribution < 1.29 is 9.21 Å². The zero-order valence-electron chi connectivity index (χ0n) is 15.3. The minimum Gasteiger partial charge on any atom is -0.436 e. The summed E-state index contributed by atoms with van der Waals surface area (Å²) in [6.07, 6.45) is 4.01. The molecule has 138 valence electrons. The second-order valence-corrected chi connectivity index (χ2v) is 7.15. The molecule has 1 amide bonds. The molecule has 1 aromatic heterocycles. The summed E-state index contributed by atoms with van der Waals surface area (Å²) in [5.74, 6) is 1.50. The van der Waals surface area contributed by atoms with Gasteiger partial charge >= 0.3 is 0 Å². The summed E-state index contributed by atoms with van der Waals surface area (Å²) in [5.41, 5.74) is 9.44. The summed E-state index contributed by atoms with van der Waals surface area (Å²) >= 11 is 0. The van der Waals surface area contributed by atoms with Crippen molar-refractivity contribution in [1.82, 2.24) is 10.3 Å². The Kier molecular flexibility index (Phi) is 4.77. The predicted molar refractivity (Wildman–Crippen MR) is 105 cm³/mol. The Morgan fingerprint density at radius 2 is 1.96 bits per heavy atom. The number of nitrogens with two attached hydrogens (primary N) is 1. The maximum Gasteiger partial charge on any atom is 0.252 e. The number of nitrogens with one attached hydrogen (secondary N) is 1. The maximum absolute atomic E-state index is 12.7. The van der Waals surface area contributed by atoms with E-state index in [1.54, 1.807) is 12.3 Å². The third-order valence-corrected chi connectivity index (χ3v) is 4.97. The summed E-state index contributed by atoms with van der Waals surface area (Å²) in [4.78, 5) is 17.1. The van der Waals surface area contributed by atoms with E-state index in [0.29, 0.717) is 35.2 Å². The van der Waals surface area contributed by atoms with Gasteiger partial charge in [-0.1, -0.05) is 42.0 Å². The Bertz CT molecular complexity index is 942. The third-order valence-electron chi connectivity index (χ3n) is 4.97. The van der Waals surface area contributed by atoms with Crippen LogP contribution >= 0.6 is 0 Å². The molecule has 4 rings (SSSR count). The monoisotopic (exact) mass is 361 g/mol. The van der Waals surface area contributed by atoms with E-state index in [-0.39, 0.29) is 11.9 Å². The van der Waals surface area contributed by atoms with E-state index in [0.717, 1.165) is 18.4 Å². The summed E-state index contributed by atoms with van der Waals surface area (Å²) in [5, 5.41) is 2.94. The van der Waals surface area contributed by atoms with Gasteiger partial charge in [-0.15, -0.1) is 0 Å². The molecular formula is C22H23N3O2. The molecular weight excluding hydrogens is 338 g/mol. The van der Waals surface area contributed by atoms with Crippen LogP contribution in [0.25, 0.3) is 22.8 Å². The van der Waals surface area contributed by atoms with Crippen LogP contribution in [0.5, 0.6) is 0 Å². The third kappa shape index (κ3) is 3.93. The number of nitrogens with zero attached hydrogens (tertiary/aromatic N) is 1. The van der Waals surface area contributed by atoms with E-state index in [2.05, 4.69) is 10.3 Å². The first-order valence-electron chi connectivity index (χ1n) is 9.28. The fourth-order valence-corrected chi connectivity index (χ4v) is 3.11. The molecule has 5 heteroatoms. The van der Waals surface area contributed by atoms with Crippen molar-refractivity contribution in [2.75, 3.05) is 6.54 Å². The quantitative estimate of drug-likeness (QED) is 0.700. The summed E-state index contributed by atoms with van der Waals surface area (Å²) in [6.45, 7) is 2.53. The average Bonchev–Trinajstić information content (AvgIpc) is 3.43. The number of benzene rings is 2. The summed E-state index contributed by atoms with van der Waals surface area (Å²) in [7, 11) is 0. The molecule has 3 aromatic rings. The van der Waals surface area contributed by atoms with Gasteiger partial charge in [0, 0.05) is 23.7 Å². The molecule has 1 fully saturated rings. The normalized spacial score (nSPS) is 14.7. The predicted octanol–water partition coefficient (Wildman–Crippen LogP) is 3.78. The van der Waals surface area contributed by atoms with Crippen LogP contribution in [0.2, 0.25) is 0 Å². The minimum absolute atomic E-state index is 0.0241. The molecule has 1 aliphatic carbocycles. The number of amides is 1. The van der Waals surface area contributed by atoms with Crippen molar-refractivity contribution in [2.24, 2.45) is 11.7 Å². The lowest BCUT2D eigenvalue weighted by atomic mass is 10.1. The number of hydrogen-bond donors (Lipinski definition) is 2. The number of rotatable bonds is 6. The molecule has 1 unspecified atom stereocenters. The van der Waals surface area contributed by atoms with E-state index in [4.69, 9.17) is 10.2 Å². The van der Waals surface area contributed by atoms with Crippen LogP contribution in [-0.4, -0.2) is 23.5 Å². The molecule has 1 atom stereocenters. The van der Waals surface area contributed by atoms with Gasteiger partial charge in [-0.3, -0.25) is 4.79 Å². The van der Waals surface area contributed by atoms with Gasteiger partial charge in [0.05, 0.1) is 11.8 Å². The largest absolute Gasteiger partial charge is 0.436 e. The molecule has 1 aliphatic rings. The van der Waals surface area contributed by atoms with Crippen molar-refractivity contribution in [2.45, 2.75) is 25.8 Å². The molecule has 2 aromatic carbocycles. The Hall–Kier alpha value is -2.92. The van der Waals surface area contributed by atoms with Gasteiger partial charge in [-0.2, -0.15) is 0 Å². The lowest BCUT2D eigenvalue weighted by molar-refractivity contribution is 0.0950. The molecule has 3 N–H and O–H groups in total. The van der Waals surface area contributed by atoms with Crippen molar-refractivity contribution in [3.05, 3.63) is 65.9 Å². The number of hydrogen-bond acceptors (Lipinski definition) is 4. The fraction of sp³-hybridized carbons (Fsp3) is 0.273. The highest BCUT2D eigenvalue weighted by atomic mass is 16.4. The molecule has 0 saturated heterocycles. The first kappa shape index (κ1) is 17.5. The van der Waals surface area contributed by atoms with Gasteiger partial charge in [0.15, 0.2) is 5.76 Å². The lowest BCUT2D eigenvalue weighted by Crippen LogP contribution is -2.38. The number of oxazole rings is 1. The molecule has 0 aliphatic heterocycles. The van der Waals surface area contributed by atoms with Crippen LogP contribution in [0.15, 0.2) is 59.1 Å². The Morgan fingerprint density at radius 3 is 2.70 bits per heavy atom. The van der Waals surface area contributed by atoms with Gasteiger partial charge < -0.3 is 15.5 Å². The van der Waals surface area contributed by atoms with Crippen molar-refractivity contribution in [1.29, 1.82) is 0 Å². The zero-order chi connectivity index (χ0) is 18.8. The van der Waals surface area contributed by atoms with E-state index in [9.17, 15) is 4.79 Å². The van der Waals surface area contributed by atoms with Crippen LogP contribution < -0.4 is 11.1 Å². The molecule has 0 bridgehead atoms. The van der Waals surface area contributed by atoms with Gasteiger partial charge in [0.1, 0.15) is 0 Å². The van der Waals surface area contributed by atoms with Gasteiger partial charge in [-0.25, -0.2) is 4.98 Å². The van der Waals surface area contributed by atoms with E-state index in [1.807, 2.05) is 49.4 Å². The molecule has 1 heterocycles. The van der Waals surface area contributed by atoms with Crippen LogP contribution in [0.1, 0.15) is 28.8 Å². The highest BCUT2D eigenvalue weighted by Crippen LogP contribution is 2.31. The molecule has 0 radical (unpaired) electrons. The van der Waals surface area contributed by atoms with Crippen LogP contribution in [0, 0.1) is 12.8 Å². The van der Waals surface area contributed by atoms with E-state index >= 15 is 0 Å². The Morgan fingerprint density at radius 1 is 1.22 bits per heavy atom. The SMILES string of the molecule is Cc1ccc(-c2cnc(-c3ccccc3C(=O)NCC(N)C3CC3)o2)cc1. The van der Waals surface area contributed by atoms with Crippen LogP contribution in [-0.2, 0) is 0 Å². The first-order chi connectivity index (χ1) is 13.1. The van der Waals surface area contributed by atoms with Gasteiger partial charge in [0.2, 0.25) is 5.89 Å². The second kappa shape index (κ2) is 7.37. The molecule has 1 saturated carbocycles. The maximum atomic E-state index is 12.7. The topological polar surface area (TPSA) is 81.2 Å². The molecule has 5 nitrogen and oxygen atoms in total. The standard InChI is InChI=1S/C22H23N3O2/c1-14-6-8-16(9-7-14)20-13-25-22(27-20)18-5-3-2-4-17(18)21(26)24-12-19(23)15-10-11-15/h2-9,13,15,19H,10-12,23H2,1H3,(H,24,26). The molecule has 0 spiro atoms. The lowest BCUT2D eigenvalue weighted by Gasteiger charge is -2.12. The Balaban J connectivity index is 1.55. The Labute approximate surface area is 158 Å². The fourth-order valence-electron chi connectivity index (χ4n) is 3.11. The zero-order valence-corrected chi connectivity index (χ0v) is 15.3. The minimum atomic E-state index is -0.156. The van der Waals surface area contributed by atoms with E-state index < -0.39 is 0 Å². The van der Waals surface area contributed by atoms with Crippen LogP contribution in [0.4, 0.5) is 0 Å². The number of carbonyl (C=O) groups excluding carboxylic acids is 1.